The van der Waals surface area contributed by atoms with Gasteiger partial charge in [0.1, 0.15) is 0 Å². The molecule has 1 aromatic rings. The number of halogens is 1. The predicted molar refractivity (Wildman–Crippen MR) is 97.4 cm³/mol. The van der Waals surface area contributed by atoms with Gasteiger partial charge in [0.05, 0.1) is 18.6 Å². The number of rotatable bonds is 9. The molecule has 0 fully saturated rings. The highest BCUT2D eigenvalue weighted by Gasteiger charge is 2.19. The van der Waals surface area contributed by atoms with Crippen LogP contribution < -0.4 is 11.1 Å². The van der Waals surface area contributed by atoms with Gasteiger partial charge in [-0.3, -0.25) is 4.79 Å². The smallest absolute Gasteiger partial charge is 0.222 e. The number of carbonyl (C=O) groups excluding carboxylic acids is 1. The predicted octanol–water partition coefficient (Wildman–Crippen LogP) is 2.37. The second-order valence-electron chi connectivity index (χ2n) is 5.95. The summed E-state index contributed by atoms with van der Waals surface area (Å²) in [4.78, 5) is 11.7. The van der Waals surface area contributed by atoms with Crippen LogP contribution in [0.25, 0.3) is 0 Å². The van der Waals surface area contributed by atoms with Crippen molar-refractivity contribution in [3.8, 4) is 0 Å². The third kappa shape index (κ3) is 6.40. The fourth-order valence-corrected chi connectivity index (χ4v) is 2.95. The van der Waals surface area contributed by atoms with Crippen LogP contribution in [0.3, 0.4) is 0 Å². The van der Waals surface area contributed by atoms with Crippen LogP contribution >= 0.6 is 12.4 Å². The molecule has 24 heavy (non-hydrogen) atoms. The summed E-state index contributed by atoms with van der Waals surface area (Å²) < 4.78 is 11.1. The van der Waals surface area contributed by atoms with Gasteiger partial charge in [-0.15, -0.1) is 12.4 Å². The number of nitrogens with two attached hydrogens (primary N) is 1. The van der Waals surface area contributed by atoms with Gasteiger partial charge in [0, 0.05) is 26.8 Å². The molecular formula is C18H29ClN2O3. The summed E-state index contributed by atoms with van der Waals surface area (Å²) in [6.45, 7) is 1.63. The molecule has 2 unspecified atom stereocenters. The quantitative estimate of drug-likeness (QED) is 0.666. The van der Waals surface area contributed by atoms with Crippen molar-refractivity contribution in [2.45, 2.75) is 44.3 Å². The Morgan fingerprint density at radius 2 is 2.21 bits per heavy atom. The Hall–Kier alpha value is -1.14. The van der Waals surface area contributed by atoms with Crippen molar-refractivity contribution in [2.75, 3.05) is 26.8 Å². The molecular weight excluding hydrogens is 328 g/mol. The van der Waals surface area contributed by atoms with Gasteiger partial charge in [-0.05, 0) is 36.8 Å². The number of nitrogens with one attached hydrogen (secondary N) is 1. The molecule has 0 spiro atoms. The van der Waals surface area contributed by atoms with E-state index in [0.717, 1.165) is 19.3 Å². The second kappa shape index (κ2) is 11.4. The molecule has 6 heteroatoms. The van der Waals surface area contributed by atoms with Crippen molar-refractivity contribution in [1.29, 1.82) is 0 Å². The average Bonchev–Trinajstić information content (AvgIpc) is 2.59. The van der Waals surface area contributed by atoms with Crippen LogP contribution in [-0.4, -0.2) is 38.8 Å². The summed E-state index contributed by atoms with van der Waals surface area (Å²) in [6.07, 6.45) is 4.52. The molecule has 3 N–H and O–H groups in total. The summed E-state index contributed by atoms with van der Waals surface area (Å²) in [5, 5.41) is 2.88. The average molecular weight is 357 g/mol. The second-order valence-corrected chi connectivity index (χ2v) is 5.95. The lowest BCUT2D eigenvalue weighted by molar-refractivity contribution is -0.123. The number of amides is 1. The fourth-order valence-electron chi connectivity index (χ4n) is 2.95. The van der Waals surface area contributed by atoms with E-state index >= 15 is 0 Å². The first kappa shape index (κ1) is 20.9. The molecule has 0 bridgehead atoms. The van der Waals surface area contributed by atoms with E-state index in [1.807, 2.05) is 0 Å². The van der Waals surface area contributed by atoms with E-state index in [0.29, 0.717) is 26.1 Å². The molecule has 1 amide bonds. The highest BCUT2D eigenvalue weighted by atomic mass is 35.5. The minimum atomic E-state index is -0.204. The number of aryl methyl sites for hydroxylation is 1. The van der Waals surface area contributed by atoms with Crippen LogP contribution in [0, 0.1) is 0 Å². The topological polar surface area (TPSA) is 73.6 Å². The minimum Gasteiger partial charge on any atom is -0.380 e. The number of ether oxygens (including phenoxy) is 2. The third-order valence-electron chi connectivity index (χ3n) is 4.29. The molecule has 0 aliphatic heterocycles. The lowest BCUT2D eigenvalue weighted by Crippen LogP contribution is -2.33. The van der Waals surface area contributed by atoms with Gasteiger partial charge >= 0.3 is 0 Å². The zero-order chi connectivity index (χ0) is 16.5. The monoisotopic (exact) mass is 356 g/mol. The van der Waals surface area contributed by atoms with Crippen LogP contribution in [0.2, 0.25) is 0 Å². The Kier molecular flexibility index (Phi) is 9.95. The van der Waals surface area contributed by atoms with E-state index in [4.69, 9.17) is 15.2 Å². The van der Waals surface area contributed by atoms with Gasteiger partial charge in [0.2, 0.25) is 5.91 Å². The van der Waals surface area contributed by atoms with Crippen LogP contribution in [0.4, 0.5) is 0 Å². The van der Waals surface area contributed by atoms with Gasteiger partial charge in [0.15, 0.2) is 0 Å². The number of hydrogen-bond acceptors (Lipinski definition) is 4. The zero-order valence-electron chi connectivity index (χ0n) is 14.3. The van der Waals surface area contributed by atoms with Crippen LogP contribution in [0.1, 0.15) is 42.9 Å². The summed E-state index contributed by atoms with van der Waals surface area (Å²) in [5.41, 5.74) is 8.24. The standard InChI is InChI=1S/C18H28N2O3.ClH/c1-22-15(13-19)12-18(21)20-10-5-11-23-17-9-4-7-14-6-2-3-8-16(14)17;/h2-3,6,8,15,17H,4-5,7,9-13,19H2,1H3,(H,20,21);1H. The van der Waals surface area contributed by atoms with Crippen LogP contribution in [0.5, 0.6) is 0 Å². The van der Waals surface area contributed by atoms with E-state index in [-0.39, 0.29) is 30.5 Å². The molecule has 0 saturated heterocycles. The molecule has 5 nitrogen and oxygen atoms in total. The Balaban J connectivity index is 0.00000288. The van der Waals surface area contributed by atoms with E-state index in [9.17, 15) is 4.79 Å². The lowest BCUT2D eigenvalue weighted by atomic mass is 9.89. The molecule has 1 aromatic carbocycles. The Morgan fingerprint density at radius 1 is 1.42 bits per heavy atom. The van der Waals surface area contributed by atoms with Gasteiger partial charge < -0.3 is 20.5 Å². The summed E-state index contributed by atoms with van der Waals surface area (Å²) in [5.74, 6) is -0.0229. The Morgan fingerprint density at radius 3 is 2.96 bits per heavy atom. The molecule has 0 heterocycles. The minimum absolute atomic E-state index is 0. The molecule has 2 atom stereocenters. The highest BCUT2D eigenvalue weighted by Crippen LogP contribution is 2.32. The van der Waals surface area contributed by atoms with Crippen molar-refractivity contribution >= 4 is 18.3 Å². The molecule has 1 aliphatic rings. The van der Waals surface area contributed by atoms with Gasteiger partial charge in [-0.25, -0.2) is 0 Å². The van der Waals surface area contributed by atoms with Crippen molar-refractivity contribution < 1.29 is 14.3 Å². The van der Waals surface area contributed by atoms with Crippen LogP contribution in [0.15, 0.2) is 24.3 Å². The van der Waals surface area contributed by atoms with E-state index in [1.165, 1.54) is 17.5 Å². The first-order valence-corrected chi connectivity index (χ1v) is 8.43. The van der Waals surface area contributed by atoms with Gasteiger partial charge in [-0.1, -0.05) is 24.3 Å². The molecule has 1 aliphatic carbocycles. The van der Waals surface area contributed by atoms with Crippen LogP contribution in [-0.2, 0) is 20.7 Å². The van der Waals surface area contributed by atoms with Crippen molar-refractivity contribution in [3.63, 3.8) is 0 Å². The molecule has 0 radical (unpaired) electrons. The van der Waals surface area contributed by atoms with Gasteiger partial charge in [0.25, 0.3) is 0 Å². The number of methoxy groups -OCH3 is 1. The molecule has 0 saturated carbocycles. The summed E-state index contributed by atoms with van der Waals surface area (Å²) >= 11 is 0. The maximum absolute atomic E-state index is 11.7. The Labute approximate surface area is 150 Å². The summed E-state index contributed by atoms with van der Waals surface area (Å²) in [6, 6.07) is 8.52. The number of fused-ring (bicyclic) bond motifs is 1. The van der Waals surface area contributed by atoms with Crippen molar-refractivity contribution in [2.24, 2.45) is 5.73 Å². The zero-order valence-corrected chi connectivity index (χ0v) is 15.1. The van der Waals surface area contributed by atoms with Gasteiger partial charge in [-0.2, -0.15) is 0 Å². The largest absolute Gasteiger partial charge is 0.380 e. The fraction of sp³-hybridized carbons (Fsp3) is 0.611. The first-order valence-electron chi connectivity index (χ1n) is 8.43. The molecule has 2 rings (SSSR count). The number of benzene rings is 1. The lowest BCUT2D eigenvalue weighted by Gasteiger charge is -2.25. The number of carbonyl (C=O) groups is 1. The normalized spacial score (nSPS) is 17.5. The number of hydrogen-bond donors (Lipinski definition) is 2. The van der Waals surface area contributed by atoms with E-state index < -0.39 is 0 Å². The SMILES string of the molecule is COC(CN)CC(=O)NCCCOC1CCCc2ccccc21.Cl. The molecule has 0 aromatic heterocycles. The third-order valence-corrected chi connectivity index (χ3v) is 4.29. The van der Waals surface area contributed by atoms with E-state index in [1.54, 1.807) is 7.11 Å². The summed E-state index contributed by atoms with van der Waals surface area (Å²) in [7, 11) is 1.57. The first-order chi connectivity index (χ1) is 11.2. The maximum atomic E-state index is 11.7. The molecule has 136 valence electrons. The maximum Gasteiger partial charge on any atom is 0.222 e. The van der Waals surface area contributed by atoms with Crippen molar-refractivity contribution in [3.05, 3.63) is 35.4 Å². The highest BCUT2D eigenvalue weighted by molar-refractivity contribution is 5.85. The van der Waals surface area contributed by atoms with E-state index in [2.05, 4.69) is 29.6 Å². The van der Waals surface area contributed by atoms with Crippen molar-refractivity contribution in [1.82, 2.24) is 5.32 Å². The Bertz CT molecular complexity index is 495.